The maximum absolute atomic E-state index is 11.8. The number of thioether (sulfide) groups is 1. The first kappa shape index (κ1) is 15.9. The lowest BCUT2D eigenvalue weighted by molar-refractivity contribution is 0.168. The van der Waals surface area contributed by atoms with Crippen LogP contribution < -0.4 is 4.74 Å². The monoisotopic (exact) mass is 313 g/mol. The van der Waals surface area contributed by atoms with Gasteiger partial charge >= 0.3 is 0 Å². The van der Waals surface area contributed by atoms with E-state index < -0.39 is 10.8 Å². The van der Waals surface area contributed by atoms with E-state index in [0.717, 1.165) is 24.6 Å². The zero-order chi connectivity index (χ0) is 14.5. The molecule has 1 fully saturated rings. The van der Waals surface area contributed by atoms with Gasteiger partial charge in [-0.15, -0.1) is 11.8 Å². The zero-order valence-corrected chi connectivity index (χ0v) is 14.0. The zero-order valence-electron chi connectivity index (χ0n) is 12.4. The lowest BCUT2D eigenvalue weighted by atomic mass is 10.2. The fourth-order valence-corrected chi connectivity index (χ4v) is 4.19. The predicted molar refractivity (Wildman–Crippen MR) is 87.2 cm³/mol. The highest BCUT2D eigenvalue weighted by Crippen LogP contribution is 2.19. The number of ether oxygens (including phenoxy) is 1. The topological polar surface area (TPSA) is 29.5 Å². The second kappa shape index (κ2) is 7.48. The van der Waals surface area contributed by atoms with Gasteiger partial charge in [-0.1, -0.05) is 0 Å². The van der Waals surface area contributed by atoms with Gasteiger partial charge in [0, 0.05) is 45.8 Å². The molecule has 3 atom stereocenters. The molecule has 0 aromatic heterocycles. The van der Waals surface area contributed by atoms with Crippen LogP contribution in [-0.2, 0) is 10.8 Å². The van der Waals surface area contributed by atoms with Gasteiger partial charge in [-0.05, 0) is 44.4 Å². The van der Waals surface area contributed by atoms with Crippen molar-refractivity contribution in [2.45, 2.75) is 30.0 Å². The quantitative estimate of drug-likeness (QED) is 0.782. The van der Waals surface area contributed by atoms with Gasteiger partial charge in [-0.2, -0.15) is 0 Å². The van der Waals surface area contributed by atoms with Crippen molar-refractivity contribution in [3.63, 3.8) is 0 Å². The van der Waals surface area contributed by atoms with Crippen LogP contribution in [-0.4, -0.2) is 52.1 Å². The van der Waals surface area contributed by atoms with Crippen LogP contribution in [0.5, 0.6) is 5.75 Å². The molecule has 0 aliphatic carbocycles. The van der Waals surface area contributed by atoms with Crippen LogP contribution in [0.2, 0.25) is 0 Å². The largest absolute Gasteiger partial charge is 0.492 e. The maximum atomic E-state index is 11.8. The van der Waals surface area contributed by atoms with E-state index in [9.17, 15) is 4.21 Å². The Morgan fingerprint density at radius 2 is 2.05 bits per heavy atom. The second-order valence-corrected chi connectivity index (χ2v) is 7.88. The van der Waals surface area contributed by atoms with E-state index in [1.165, 1.54) is 4.90 Å². The summed E-state index contributed by atoms with van der Waals surface area (Å²) in [4.78, 5) is 3.63. The van der Waals surface area contributed by atoms with E-state index in [1.54, 1.807) is 11.8 Å². The summed E-state index contributed by atoms with van der Waals surface area (Å²) in [5.41, 5.74) is 0. The van der Waals surface area contributed by atoms with Gasteiger partial charge in [0.15, 0.2) is 0 Å². The summed E-state index contributed by atoms with van der Waals surface area (Å²) < 4.78 is 17.5. The summed E-state index contributed by atoms with van der Waals surface area (Å²) in [6, 6.07) is 8.56. The maximum Gasteiger partial charge on any atom is 0.119 e. The van der Waals surface area contributed by atoms with E-state index in [-0.39, 0.29) is 5.25 Å². The Labute approximate surface area is 128 Å². The fraction of sp³-hybridized carbons (Fsp3) is 0.600. The molecule has 3 nitrogen and oxygen atoms in total. The molecule has 1 aliphatic heterocycles. The highest BCUT2D eigenvalue weighted by atomic mass is 32.2. The fourth-order valence-electron chi connectivity index (χ4n) is 2.38. The Kier molecular flexibility index (Phi) is 5.93. The van der Waals surface area contributed by atoms with Crippen LogP contribution in [0.1, 0.15) is 13.8 Å². The first-order valence-corrected chi connectivity index (χ1v) is 9.60. The third-order valence-corrected chi connectivity index (χ3v) is 6.51. The highest BCUT2D eigenvalue weighted by molar-refractivity contribution is 7.98. The molecule has 20 heavy (non-hydrogen) atoms. The van der Waals surface area contributed by atoms with E-state index in [2.05, 4.69) is 37.1 Å². The van der Waals surface area contributed by atoms with Crippen LogP contribution in [0.25, 0.3) is 0 Å². The van der Waals surface area contributed by atoms with Crippen molar-refractivity contribution in [1.29, 1.82) is 0 Å². The summed E-state index contributed by atoms with van der Waals surface area (Å²) in [5, 5.41) is 0.254. The van der Waals surface area contributed by atoms with Crippen molar-refractivity contribution in [3.05, 3.63) is 24.3 Å². The summed E-state index contributed by atoms with van der Waals surface area (Å²) in [6.45, 7) is 6.73. The first-order chi connectivity index (χ1) is 9.61. The number of hydrogen-bond acceptors (Lipinski definition) is 4. The summed E-state index contributed by atoms with van der Waals surface area (Å²) in [6.07, 6.45) is 2.07. The molecule has 1 heterocycles. The Balaban J connectivity index is 1.79. The first-order valence-electron chi connectivity index (χ1n) is 7.00. The van der Waals surface area contributed by atoms with Crippen molar-refractivity contribution < 1.29 is 8.95 Å². The molecule has 0 bridgehead atoms. The van der Waals surface area contributed by atoms with Crippen LogP contribution in [0.15, 0.2) is 29.2 Å². The smallest absolute Gasteiger partial charge is 0.119 e. The van der Waals surface area contributed by atoms with E-state index in [1.807, 2.05) is 12.1 Å². The van der Waals surface area contributed by atoms with Crippen molar-refractivity contribution in [2.75, 3.05) is 31.7 Å². The van der Waals surface area contributed by atoms with Gasteiger partial charge in [0.05, 0.1) is 0 Å². The molecule has 112 valence electrons. The molecule has 1 saturated heterocycles. The molecule has 1 aromatic rings. The minimum Gasteiger partial charge on any atom is -0.492 e. The van der Waals surface area contributed by atoms with Crippen LogP contribution in [0, 0.1) is 0 Å². The van der Waals surface area contributed by atoms with Gasteiger partial charge < -0.3 is 4.74 Å². The molecule has 2 rings (SSSR count). The van der Waals surface area contributed by atoms with Crippen LogP contribution in [0.4, 0.5) is 0 Å². The Morgan fingerprint density at radius 3 is 2.70 bits per heavy atom. The molecule has 0 saturated carbocycles. The molecule has 5 heteroatoms. The number of rotatable bonds is 5. The van der Waals surface area contributed by atoms with Gasteiger partial charge in [0.2, 0.25) is 0 Å². The SMILES string of the molecule is CSc1ccc(OCCN2CC[S@@](=O)[C@H](C)[C@@H]2C)cc1. The van der Waals surface area contributed by atoms with Gasteiger partial charge in [0.25, 0.3) is 0 Å². The normalized spacial score (nSPS) is 27.4. The van der Waals surface area contributed by atoms with E-state index in [4.69, 9.17) is 4.74 Å². The van der Waals surface area contributed by atoms with Crippen molar-refractivity contribution in [2.24, 2.45) is 0 Å². The highest BCUT2D eigenvalue weighted by Gasteiger charge is 2.29. The lowest BCUT2D eigenvalue weighted by Gasteiger charge is -2.37. The van der Waals surface area contributed by atoms with Gasteiger partial charge in [-0.3, -0.25) is 9.11 Å². The molecular formula is C15H23NO2S2. The molecule has 0 N–H and O–H groups in total. The average Bonchev–Trinajstić information content (AvgIpc) is 2.48. The second-order valence-electron chi connectivity index (χ2n) is 5.09. The lowest BCUT2D eigenvalue weighted by Crippen LogP contribution is -2.50. The molecule has 0 radical (unpaired) electrons. The van der Waals surface area contributed by atoms with Crippen molar-refractivity contribution >= 4 is 22.6 Å². The predicted octanol–water partition coefficient (Wildman–Crippen LogP) is 2.63. The summed E-state index contributed by atoms with van der Waals surface area (Å²) in [7, 11) is -0.666. The summed E-state index contributed by atoms with van der Waals surface area (Å²) in [5.74, 6) is 1.71. The third-order valence-electron chi connectivity index (χ3n) is 3.96. The number of hydrogen-bond donors (Lipinski definition) is 0. The molecular weight excluding hydrogens is 290 g/mol. The number of benzene rings is 1. The molecule has 0 spiro atoms. The molecule has 0 amide bonds. The van der Waals surface area contributed by atoms with Crippen LogP contribution in [0.3, 0.4) is 0 Å². The van der Waals surface area contributed by atoms with E-state index >= 15 is 0 Å². The minimum absolute atomic E-state index is 0.254. The van der Waals surface area contributed by atoms with Gasteiger partial charge in [-0.25, -0.2) is 0 Å². The Morgan fingerprint density at radius 1 is 1.35 bits per heavy atom. The molecule has 0 unspecified atom stereocenters. The Hall–Kier alpha value is -0.520. The Bertz CT molecular complexity index is 450. The summed E-state index contributed by atoms with van der Waals surface area (Å²) >= 11 is 1.73. The third kappa shape index (κ3) is 3.99. The van der Waals surface area contributed by atoms with Crippen LogP contribution >= 0.6 is 11.8 Å². The minimum atomic E-state index is -0.666. The average molecular weight is 313 g/mol. The standard InChI is InChI=1S/C15H23NO2S2/c1-12-13(2)20(17)11-9-16(12)8-10-18-14-4-6-15(19-3)7-5-14/h4-7,12-13H,8-11H2,1-3H3/t12-,13+,20+/m0/s1. The number of nitrogens with zero attached hydrogens (tertiary/aromatic N) is 1. The van der Waals surface area contributed by atoms with Gasteiger partial charge in [0.1, 0.15) is 12.4 Å². The van der Waals surface area contributed by atoms with Crippen molar-refractivity contribution in [3.8, 4) is 5.75 Å². The van der Waals surface area contributed by atoms with Crippen molar-refractivity contribution in [1.82, 2.24) is 4.90 Å². The molecule has 1 aliphatic rings. The molecule has 1 aromatic carbocycles. The van der Waals surface area contributed by atoms with E-state index in [0.29, 0.717) is 12.6 Å².